The van der Waals surface area contributed by atoms with Crippen molar-refractivity contribution in [2.24, 2.45) is 0 Å². The molecule has 0 saturated heterocycles. The Labute approximate surface area is 127 Å². The molecule has 2 aromatic heterocycles. The largest absolute Gasteiger partial charge is 0.307 e. The van der Waals surface area contributed by atoms with Crippen molar-refractivity contribution in [3.05, 3.63) is 45.5 Å². The van der Waals surface area contributed by atoms with Gasteiger partial charge in [0, 0.05) is 11.6 Å². The molecule has 0 bridgehead atoms. The summed E-state index contributed by atoms with van der Waals surface area (Å²) in [4.78, 5) is 31.1. The summed E-state index contributed by atoms with van der Waals surface area (Å²) in [5.41, 5.74) is 2.17. The van der Waals surface area contributed by atoms with Gasteiger partial charge < -0.3 is 5.32 Å². The van der Waals surface area contributed by atoms with Gasteiger partial charge in [0.1, 0.15) is 5.82 Å². The van der Waals surface area contributed by atoms with Crippen LogP contribution in [0.5, 0.6) is 0 Å². The second-order valence-electron chi connectivity index (χ2n) is 5.24. The van der Waals surface area contributed by atoms with Crippen LogP contribution in [-0.4, -0.2) is 25.7 Å². The van der Waals surface area contributed by atoms with E-state index < -0.39 is 0 Å². The van der Waals surface area contributed by atoms with Crippen LogP contribution in [0.25, 0.3) is 5.95 Å². The maximum Gasteiger partial charge on any atom is 0.255 e. The van der Waals surface area contributed by atoms with Gasteiger partial charge in [-0.05, 0) is 39.2 Å². The van der Waals surface area contributed by atoms with Crippen molar-refractivity contribution in [3.8, 4) is 5.95 Å². The van der Waals surface area contributed by atoms with Crippen LogP contribution in [0.2, 0.25) is 0 Å². The van der Waals surface area contributed by atoms with Gasteiger partial charge in [-0.1, -0.05) is 6.08 Å². The number of hydrogen-bond acceptors (Lipinski definition) is 4. The molecule has 114 valence electrons. The quantitative estimate of drug-likeness (QED) is 0.835. The highest BCUT2D eigenvalue weighted by Crippen LogP contribution is 2.19. The summed E-state index contributed by atoms with van der Waals surface area (Å²) in [6.45, 7) is 3.58. The molecule has 0 fully saturated rings. The molecular formula is C15H17N5O2. The van der Waals surface area contributed by atoms with Crippen LogP contribution in [0, 0.1) is 6.92 Å². The molecule has 0 aliphatic heterocycles. The number of aryl methyl sites for hydroxylation is 2. The molecule has 2 N–H and O–H groups in total. The average molecular weight is 299 g/mol. The van der Waals surface area contributed by atoms with Crippen LogP contribution >= 0.6 is 0 Å². The van der Waals surface area contributed by atoms with Gasteiger partial charge in [0.2, 0.25) is 11.9 Å². The molecule has 3 rings (SSSR count). The van der Waals surface area contributed by atoms with Crippen molar-refractivity contribution in [2.45, 2.75) is 33.1 Å². The summed E-state index contributed by atoms with van der Waals surface area (Å²) < 4.78 is 1.46. The molecule has 0 spiro atoms. The number of allylic oxidation sites excluding steroid dienone is 1. The molecule has 1 amide bonds. The summed E-state index contributed by atoms with van der Waals surface area (Å²) in [5, 5.41) is 7.04. The molecule has 2 heterocycles. The fraction of sp³-hybridized carbons (Fsp3) is 0.333. The number of fused-ring (bicyclic) bond motifs is 1. The molecule has 7 nitrogen and oxygen atoms in total. The molecule has 0 saturated carbocycles. The highest BCUT2D eigenvalue weighted by Gasteiger charge is 2.19. The van der Waals surface area contributed by atoms with Crippen molar-refractivity contribution in [1.82, 2.24) is 19.7 Å². The zero-order valence-electron chi connectivity index (χ0n) is 12.5. The zero-order valence-corrected chi connectivity index (χ0v) is 12.5. The summed E-state index contributed by atoms with van der Waals surface area (Å²) in [7, 11) is 0. The van der Waals surface area contributed by atoms with Gasteiger partial charge in [0.05, 0.1) is 11.4 Å². The molecule has 0 atom stereocenters. The first kappa shape index (κ1) is 14.2. The molecule has 1 aliphatic carbocycles. The Balaban J connectivity index is 2.04. The van der Waals surface area contributed by atoms with Crippen LogP contribution in [0.15, 0.2) is 23.0 Å². The zero-order chi connectivity index (χ0) is 15.7. The van der Waals surface area contributed by atoms with Crippen molar-refractivity contribution in [2.75, 3.05) is 5.32 Å². The van der Waals surface area contributed by atoms with Gasteiger partial charge >= 0.3 is 0 Å². The minimum atomic E-state index is -0.257. The number of aromatic nitrogens is 4. The van der Waals surface area contributed by atoms with E-state index in [4.69, 9.17) is 0 Å². The Morgan fingerprint density at radius 3 is 3.05 bits per heavy atom. The third-order valence-corrected chi connectivity index (χ3v) is 3.53. The molecule has 7 heteroatoms. The highest BCUT2D eigenvalue weighted by atomic mass is 16.1. The Bertz CT molecular complexity index is 816. The number of aromatic amines is 1. The fourth-order valence-corrected chi connectivity index (χ4v) is 2.60. The maximum atomic E-state index is 12.1. The summed E-state index contributed by atoms with van der Waals surface area (Å²) in [6.07, 6.45) is 5.58. The molecule has 22 heavy (non-hydrogen) atoms. The van der Waals surface area contributed by atoms with Crippen LogP contribution in [0.1, 0.15) is 30.3 Å². The van der Waals surface area contributed by atoms with E-state index in [-0.39, 0.29) is 11.5 Å². The summed E-state index contributed by atoms with van der Waals surface area (Å²) in [5.74, 6) is 0.545. The van der Waals surface area contributed by atoms with E-state index in [0.717, 1.165) is 36.2 Å². The van der Waals surface area contributed by atoms with Crippen molar-refractivity contribution < 1.29 is 4.79 Å². The van der Waals surface area contributed by atoms with E-state index in [9.17, 15) is 9.59 Å². The van der Waals surface area contributed by atoms with Crippen LogP contribution in [0.4, 0.5) is 5.82 Å². The number of nitrogens with zero attached hydrogens (tertiary/aromatic N) is 3. The Kier molecular flexibility index (Phi) is 3.62. The smallest absolute Gasteiger partial charge is 0.255 e. The second-order valence-corrected chi connectivity index (χ2v) is 5.24. The predicted molar refractivity (Wildman–Crippen MR) is 82.2 cm³/mol. The number of carbonyl (C=O) groups excluding carboxylic acids is 1. The number of rotatable bonds is 3. The van der Waals surface area contributed by atoms with Crippen molar-refractivity contribution >= 4 is 11.7 Å². The SMILES string of the molecule is C/C=C/C(=O)Nc1cc(C)nn1-c1nc2c(c(=O)[nH]1)CCC2. The molecule has 0 unspecified atom stereocenters. The Hall–Kier alpha value is -2.70. The lowest BCUT2D eigenvalue weighted by Crippen LogP contribution is -2.20. The normalized spacial score (nSPS) is 13.5. The number of nitrogens with one attached hydrogen (secondary N) is 2. The first-order valence-corrected chi connectivity index (χ1v) is 7.21. The third-order valence-electron chi connectivity index (χ3n) is 3.53. The molecule has 0 radical (unpaired) electrons. The minimum Gasteiger partial charge on any atom is -0.307 e. The fourth-order valence-electron chi connectivity index (χ4n) is 2.60. The van der Waals surface area contributed by atoms with Crippen LogP contribution < -0.4 is 10.9 Å². The Morgan fingerprint density at radius 2 is 2.27 bits per heavy atom. The van der Waals surface area contributed by atoms with E-state index in [0.29, 0.717) is 11.8 Å². The van der Waals surface area contributed by atoms with E-state index in [1.807, 2.05) is 6.92 Å². The van der Waals surface area contributed by atoms with E-state index in [2.05, 4.69) is 20.4 Å². The highest BCUT2D eigenvalue weighted by molar-refractivity contribution is 5.98. The maximum absolute atomic E-state index is 12.1. The molecule has 0 aromatic carbocycles. The van der Waals surface area contributed by atoms with Gasteiger partial charge in [0.15, 0.2) is 0 Å². The first-order valence-electron chi connectivity index (χ1n) is 7.21. The molecule has 2 aromatic rings. The van der Waals surface area contributed by atoms with Crippen molar-refractivity contribution in [1.29, 1.82) is 0 Å². The topological polar surface area (TPSA) is 92.7 Å². The first-order chi connectivity index (χ1) is 10.6. The van der Waals surface area contributed by atoms with E-state index in [1.54, 1.807) is 19.1 Å². The monoisotopic (exact) mass is 299 g/mol. The van der Waals surface area contributed by atoms with Gasteiger partial charge in [0.25, 0.3) is 5.56 Å². The number of H-pyrrole nitrogens is 1. The van der Waals surface area contributed by atoms with Gasteiger partial charge in [-0.3, -0.25) is 14.6 Å². The lowest BCUT2D eigenvalue weighted by atomic mass is 10.3. The number of carbonyl (C=O) groups is 1. The number of amides is 1. The van der Waals surface area contributed by atoms with Crippen LogP contribution in [0.3, 0.4) is 0 Å². The lowest BCUT2D eigenvalue weighted by Gasteiger charge is -2.08. The minimum absolute atomic E-state index is 0.128. The van der Waals surface area contributed by atoms with E-state index in [1.165, 1.54) is 10.8 Å². The van der Waals surface area contributed by atoms with Crippen molar-refractivity contribution in [3.63, 3.8) is 0 Å². The standard InChI is InChI=1S/C15H17N5O2/c1-3-5-13(21)17-12-8-9(2)19-20(12)15-16-11-7-4-6-10(11)14(22)18-15/h3,5,8H,4,6-7H2,1-2H3,(H,17,21)(H,16,18,22)/b5-3+. The average Bonchev–Trinajstić information content (AvgIpc) is 3.05. The van der Waals surface area contributed by atoms with Gasteiger partial charge in [-0.25, -0.2) is 4.98 Å². The second kappa shape index (κ2) is 5.59. The van der Waals surface area contributed by atoms with Gasteiger partial charge in [-0.2, -0.15) is 9.78 Å². The molecule has 1 aliphatic rings. The summed E-state index contributed by atoms with van der Waals surface area (Å²) >= 11 is 0. The summed E-state index contributed by atoms with van der Waals surface area (Å²) in [6, 6.07) is 1.73. The number of anilines is 1. The van der Waals surface area contributed by atoms with Gasteiger partial charge in [-0.15, -0.1) is 0 Å². The van der Waals surface area contributed by atoms with Crippen LogP contribution in [-0.2, 0) is 17.6 Å². The van der Waals surface area contributed by atoms with E-state index >= 15 is 0 Å². The number of hydrogen-bond donors (Lipinski definition) is 2. The predicted octanol–water partition coefficient (Wildman–Crippen LogP) is 1.27. The lowest BCUT2D eigenvalue weighted by molar-refractivity contribution is -0.111. The molecular weight excluding hydrogens is 282 g/mol. The Morgan fingerprint density at radius 1 is 1.45 bits per heavy atom. The third kappa shape index (κ3) is 2.57.